The topological polar surface area (TPSA) is 231 Å². The molecule has 0 aliphatic rings. The van der Waals surface area contributed by atoms with Crippen molar-refractivity contribution < 1.29 is 75.8 Å². The summed E-state index contributed by atoms with van der Waals surface area (Å²) in [4.78, 5) is 58.2. The zero-order valence-corrected chi connectivity index (χ0v) is 58.8. The minimum atomic E-state index is -4.92. The molecular weight excluding hydrogens is 1190 g/mol. The highest BCUT2D eigenvalue weighted by Crippen LogP contribution is 2.45. The lowest BCUT2D eigenvalue weighted by Gasteiger charge is -2.21. The van der Waals surface area contributed by atoms with Gasteiger partial charge < -0.3 is 34.2 Å². The van der Waals surface area contributed by atoms with E-state index < -0.39 is 91.5 Å². The summed E-state index contributed by atoms with van der Waals surface area (Å²) >= 11 is 0. The highest BCUT2D eigenvalue weighted by atomic mass is 31.2. The zero-order chi connectivity index (χ0) is 66.7. The Kier molecular flexibility index (Phi) is 63.9. The van der Waals surface area contributed by atoms with Crippen molar-refractivity contribution in [2.45, 2.75) is 309 Å². The fourth-order valence-electron chi connectivity index (χ4n) is 9.31. The molecule has 526 valence electrons. The minimum Gasteiger partial charge on any atom is -0.463 e. The molecule has 0 fully saturated rings. The molecule has 18 heteroatoms. The Morgan fingerprint density at radius 3 is 0.967 bits per heavy atom. The van der Waals surface area contributed by atoms with Gasteiger partial charge in [-0.1, -0.05) is 253 Å². The molecule has 5 atom stereocenters. The van der Waals surface area contributed by atoms with Crippen LogP contribution in [-0.4, -0.2) is 95.9 Å². The van der Waals surface area contributed by atoms with E-state index in [1.54, 1.807) is 0 Å². The van der Waals surface area contributed by atoms with Crippen LogP contribution in [0.1, 0.15) is 290 Å². The van der Waals surface area contributed by atoms with Crippen LogP contribution in [0, 0.1) is 0 Å². The van der Waals surface area contributed by atoms with Crippen molar-refractivity contribution in [1.29, 1.82) is 0 Å². The van der Waals surface area contributed by atoms with Crippen LogP contribution in [0.15, 0.2) is 97.2 Å². The Labute approximate surface area is 552 Å². The molecule has 0 aliphatic carbocycles. The molecule has 0 amide bonds. The normalized spacial score (nSPS) is 14.8. The van der Waals surface area contributed by atoms with Crippen molar-refractivity contribution in [2.24, 2.45) is 0 Å². The highest BCUT2D eigenvalue weighted by molar-refractivity contribution is 7.47. The van der Waals surface area contributed by atoms with E-state index in [4.69, 9.17) is 32.3 Å². The smallest absolute Gasteiger partial charge is 0.463 e. The van der Waals surface area contributed by atoms with E-state index in [1.165, 1.54) is 89.9 Å². The van der Waals surface area contributed by atoms with Gasteiger partial charge in [0.05, 0.1) is 26.4 Å². The molecule has 0 bridgehead atoms. The van der Waals surface area contributed by atoms with Crippen molar-refractivity contribution in [1.82, 2.24) is 0 Å². The maximum atomic E-state index is 12.8. The predicted molar refractivity (Wildman–Crippen MR) is 371 cm³/mol. The molecule has 4 N–H and O–H groups in total. The number of carbonyl (C=O) groups is 3. The van der Waals surface area contributed by atoms with Crippen molar-refractivity contribution in [3.63, 3.8) is 0 Å². The molecule has 0 aliphatic heterocycles. The third-order valence-electron chi connectivity index (χ3n) is 14.8. The second kappa shape index (κ2) is 66.5. The number of aliphatic hydroxyl groups excluding tert-OH is 2. The fraction of sp³-hybridized carbons (Fsp3) is 0.740. The van der Waals surface area contributed by atoms with E-state index in [9.17, 15) is 43.5 Å². The molecular formula is C73H128O16P2. The molecule has 0 saturated carbocycles. The second-order valence-electron chi connectivity index (χ2n) is 23.6. The molecule has 0 heterocycles. The maximum Gasteiger partial charge on any atom is 0.472 e. The van der Waals surface area contributed by atoms with Gasteiger partial charge in [-0.2, -0.15) is 0 Å². The number of allylic oxidation sites excluding steroid dienone is 16. The third-order valence-corrected chi connectivity index (χ3v) is 16.7. The van der Waals surface area contributed by atoms with Crippen LogP contribution in [0.25, 0.3) is 0 Å². The predicted octanol–water partition coefficient (Wildman–Crippen LogP) is 19.9. The number of ether oxygens (including phenoxy) is 3. The van der Waals surface area contributed by atoms with Crippen molar-refractivity contribution in [2.75, 3.05) is 39.6 Å². The van der Waals surface area contributed by atoms with Gasteiger partial charge in [0.2, 0.25) is 0 Å². The molecule has 0 spiro atoms. The van der Waals surface area contributed by atoms with Crippen molar-refractivity contribution in [3.8, 4) is 0 Å². The number of esters is 3. The summed E-state index contributed by atoms with van der Waals surface area (Å²) in [6.07, 6.45) is 73.5. The lowest BCUT2D eigenvalue weighted by atomic mass is 10.0. The Morgan fingerprint density at radius 1 is 0.319 bits per heavy atom. The van der Waals surface area contributed by atoms with Crippen LogP contribution in [0.2, 0.25) is 0 Å². The van der Waals surface area contributed by atoms with Gasteiger partial charge in [-0.15, -0.1) is 0 Å². The molecule has 0 radical (unpaired) electrons. The molecule has 0 aromatic rings. The van der Waals surface area contributed by atoms with E-state index in [1.807, 2.05) is 0 Å². The summed E-state index contributed by atoms with van der Waals surface area (Å²) in [5.41, 5.74) is 0. The first kappa shape index (κ1) is 87.5. The zero-order valence-electron chi connectivity index (χ0n) is 57.0. The minimum absolute atomic E-state index is 0.0939. The Morgan fingerprint density at radius 2 is 0.593 bits per heavy atom. The average molecular weight is 1320 g/mol. The lowest BCUT2D eigenvalue weighted by molar-refractivity contribution is -0.161. The standard InChI is InChI=1S/C73H128O16P2/c1-4-7-10-13-16-19-22-24-25-26-27-28-29-30-31-32-33-34-35-36-37-38-39-40-41-43-46-47-50-53-56-59-71(76)83-62-68(74)63-85-90(79,80)86-64-69(75)65-87-91(81,82)88-67-70(89-73(78)61-58-55-52-49-44-21-18-15-12-9-6-3)66-84-72(77)60-57-54-51-48-45-42-23-20-17-14-11-8-5-2/h7,10,15-16,18-20,23-25,27-28,30-31,33-34,68-70,74-75H,4-6,8-9,11-14,17,21-22,26,29,32,35-67H2,1-3H3,(H,79,80)(H,81,82)/b10-7-,18-15-,19-16-,23-20-,25-24-,28-27-,31-30-,34-33-. The number of aliphatic hydroxyl groups is 2. The summed E-state index contributed by atoms with van der Waals surface area (Å²) in [5, 5.41) is 20.5. The average Bonchev–Trinajstić information content (AvgIpc) is 3.61. The van der Waals surface area contributed by atoms with E-state index in [0.29, 0.717) is 19.3 Å². The highest BCUT2D eigenvalue weighted by Gasteiger charge is 2.29. The number of hydrogen-bond acceptors (Lipinski definition) is 14. The van der Waals surface area contributed by atoms with Crippen molar-refractivity contribution >= 4 is 33.6 Å². The Balaban J connectivity index is 4.36. The van der Waals surface area contributed by atoms with Gasteiger partial charge in [0.1, 0.15) is 25.4 Å². The van der Waals surface area contributed by atoms with E-state index in [2.05, 4.69) is 118 Å². The van der Waals surface area contributed by atoms with Gasteiger partial charge in [-0.05, 0) is 116 Å². The lowest BCUT2D eigenvalue weighted by Crippen LogP contribution is -2.30. The van der Waals surface area contributed by atoms with Crippen LogP contribution in [0.5, 0.6) is 0 Å². The largest absolute Gasteiger partial charge is 0.472 e. The molecule has 5 unspecified atom stereocenters. The molecule has 91 heavy (non-hydrogen) atoms. The van der Waals surface area contributed by atoms with E-state index >= 15 is 0 Å². The molecule has 0 aromatic heterocycles. The summed E-state index contributed by atoms with van der Waals surface area (Å²) in [6, 6.07) is 0. The third kappa shape index (κ3) is 67.7. The number of unbranched alkanes of at least 4 members (excludes halogenated alkanes) is 28. The quantitative estimate of drug-likeness (QED) is 0.0146. The van der Waals surface area contributed by atoms with Crippen LogP contribution < -0.4 is 0 Å². The first-order chi connectivity index (χ1) is 44.2. The molecule has 0 rings (SSSR count). The number of phosphoric acid groups is 2. The van der Waals surface area contributed by atoms with E-state index in [0.717, 1.165) is 141 Å². The van der Waals surface area contributed by atoms with Gasteiger partial charge in [-0.3, -0.25) is 32.5 Å². The number of phosphoric ester groups is 2. The first-order valence-electron chi connectivity index (χ1n) is 35.5. The summed E-state index contributed by atoms with van der Waals surface area (Å²) in [5.74, 6) is -1.59. The van der Waals surface area contributed by atoms with Gasteiger partial charge in [-0.25, -0.2) is 9.13 Å². The van der Waals surface area contributed by atoms with Gasteiger partial charge >= 0.3 is 33.6 Å². The van der Waals surface area contributed by atoms with E-state index in [-0.39, 0.29) is 19.3 Å². The van der Waals surface area contributed by atoms with Gasteiger partial charge in [0, 0.05) is 19.3 Å². The Bertz CT molecular complexity index is 2050. The molecule has 0 saturated heterocycles. The number of rotatable bonds is 67. The number of carbonyl (C=O) groups excluding carboxylic acids is 3. The van der Waals surface area contributed by atoms with Gasteiger partial charge in [0.25, 0.3) is 0 Å². The summed E-state index contributed by atoms with van der Waals surface area (Å²) in [7, 11) is -9.77. The summed E-state index contributed by atoms with van der Waals surface area (Å²) in [6.45, 7) is 2.48. The first-order valence-corrected chi connectivity index (χ1v) is 38.5. The van der Waals surface area contributed by atoms with Crippen LogP contribution >= 0.6 is 15.6 Å². The molecule has 0 aromatic carbocycles. The van der Waals surface area contributed by atoms with Crippen LogP contribution in [-0.2, 0) is 55.8 Å². The van der Waals surface area contributed by atoms with Gasteiger partial charge in [0.15, 0.2) is 6.10 Å². The maximum absolute atomic E-state index is 12.8. The molecule has 16 nitrogen and oxygen atoms in total. The second-order valence-corrected chi connectivity index (χ2v) is 26.6. The monoisotopic (exact) mass is 1320 g/mol. The summed E-state index contributed by atoms with van der Waals surface area (Å²) < 4.78 is 60.8. The van der Waals surface area contributed by atoms with Crippen molar-refractivity contribution in [3.05, 3.63) is 97.2 Å². The van der Waals surface area contributed by atoms with Crippen LogP contribution in [0.4, 0.5) is 0 Å². The fourth-order valence-corrected chi connectivity index (χ4v) is 10.9. The Hall–Kier alpha value is -3.53. The SMILES string of the molecule is CC/C=C\C/C=C\C/C=C\C/C=C\C/C=C\C/C=C\CCCCCCCCCCCCCCC(=O)OCC(O)COP(=O)(O)OCC(O)COP(=O)(O)OCC(COC(=O)CCCCCCC/C=C\CCCCCC)OC(=O)CCCCCCC/C=C\CCCC. The van der Waals surface area contributed by atoms with Crippen LogP contribution in [0.3, 0.4) is 0 Å². The number of hydrogen-bond donors (Lipinski definition) is 4.